The molecule has 1 heterocycles. The Balaban J connectivity index is 2.44. The lowest BCUT2D eigenvalue weighted by atomic mass is 10.0. The van der Waals surface area contributed by atoms with Crippen molar-refractivity contribution in [3.8, 4) is 0 Å². The maximum absolute atomic E-state index is 2.48. The monoisotopic (exact) mass is 342 g/mol. The van der Waals surface area contributed by atoms with Gasteiger partial charge in [0.05, 0.1) is 0 Å². The van der Waals surface area contributed by atoms with Crippen LogP contribution in [0.4, 0.5) is 0 Å². The van der Waals surface area contributed by atoms with Crippen molar-refractivity contribution in [3.05, 3.63) is 50.0 Å². The highest BCUT2D eigenvalue weighted by Gasteiger charge is 2.15. The number of thioether (sulfide) groups is 1. The largest absolute Gasteiger partial charge is 0.0970 e. The molecule has 1 unspecified atom stereocenters. The van der Waals surface area contributed by atoms with Crippen LogP contribution in [0, 0.1) is 19.8 Å². The molecular weight excluding hydrogens is 327 g/mol. The summed E-state index contributed by atoms with van der Waals surface area (Å²) >= 11 is 4.31. The molecule has 0 fully saturated rings. The zero-order valence-electron chi connectivity index (χ0n) is 9.75. The first-order chi connectivity index (χ1) is 7.59. The lowest BCUT2D eigenvalue weighted by molar-refractivity contribution is 0.937. The molecule has 0 aliphatic carbocycles. The molecule has 1 atom stereocenters. The molecule has 84 valence electrons. The van der Waals surface area contributed by atoms with Crippen molar-refractivity contribution >= 4 is 39.3 Å². The lowest BCUT2D eigenvalue weighted by Crippen LogP contribution is -1.96. The van der Waals surface area contributed by atoms with Crippen LogP contribution in [0.2, 0.25) is 0 Å². The van der Waals surface area contributed by atoms with E-state index in [2.05, 4.69) is 73.0 Å². The highest BCUT2D eigenvalue weighted by Crippen LogP contribution is 2.42. The molecule has 2 rings (SSSR count). The summed E-state index contributed by atoms with van der Waals surface area (Å²) in [6.07, 6.45) is 2.26. The first-order valence-corrected chi connectivity index (χ1v) is 7.36. The van der Waals surface area contributed by atoms with E-state index in [0.29, 0.717) is 5.92 Å². The van der Waals surface area contributed by atoms with Crippen molar-refractivity contribution in [2.75, 3.05) is 0 Å². The zero-order chi connectivity index (χ0) is 11.7. The maximum atomic E-state index is 2.48. The van der Waals surface area contributed by atoms with Crippen molar-refractivity contribution in [1.29, 1.82) is 0 Å². The molecule has 1 aliphatic rings. The molecule has 0 spiro atoms. The van der Waals surface area contributed by atoms with Gasteiger partial charge in [-0.2, -0.15) is 0 Å². The molecule has 16 heavy (non-hydrogen) atoms. The Morgan fingerprint density at radius 3 is 2.62 bits per heavy atom. The third kappa shape index (κ3) is 2.38. The number of hydrogen-bond acceptors (Lipinski definition) is 1. The number of allylic oxidation sites excluding steroid dienone is 2. The van der Waals surface area contributed by atoms with Crippen molar-refractivity contribution < 1.29 is 0 Å². The second kappa shape index (κ2) is 4.96. The van der Waals surface area contributed by atoms with Gasteiger partial charge in [0.1, 0.15) is 0 Å². The van der Waals surface area contributed by atoms with Gasteiger partial charge in [-0.3, -0.25) is 0 Å². The number of halogens is 1. The van der Waals surface area contributed by atoms with E-state index in [1.165, 1.54) is 25.2 Å². The molecule has 0 saturated heterocycles. The van der Waals surface area contributed by atoms with Gasteiger partial charge in [-0.05, 0) is 58.5 Å². The number of rotatable bonds is 1. The summed E-state index contributed by atoms with van der Waals surface area (Å²) < 4.78 is 1.45. The number of benzene rings is 1. The van der Waals surface area contributed by atoms with Crippen LogP contribution >= 0.6 is 34.4 Å². The third-order valence-corrected chi connectivity index (χ3v) is 5.81. The van der Waals surface area contributed by atoms with Gasteiger partial charge in [0.2, 0.25) is 0 Å². The second-order valence-corrected chi connectivity index (χ2v) is 6.29. The van der Waals surface area contributed by atoms with Gasteiger partial charge in [-0.15, -0.1) is 0 Å². The van der Waals surface area contributed by atoms with E-state index in [-0.39, 0.29) is 0 Å². The topological polar surface area (TPSA) is 0 Å². The van der Waals surface area contributed by atoms with Crippen LogP contribution in [-0.2, 0) is 0 Å². The van der Waals surface area contributed by atoms with Crippen molar-refractivity contribution in [1.82, 2.24) is 0 Å². The van der Waals surface area contributed by atoms with Gasteiger partial charge in [0.15, 0.2) is 0 Å². The molecule has 2 heteroatoms. The zero-order valence-corrected chi connectivity index (χ0v) is 12.7. The van der Waals surface area contributed by atoms with Gasteiger partial charge in [-0.1, -0.05) is 43.0 Å². The average molecular weight is 342 g/mol. The van der Waals surface area contributed by atoms with Crippen molar-refractivity contribution in [2.45, 2.75) is 20.8 Å². The Kier molecular flexibility index (Phi) is 3.80. The summed E-state index contributed by atoms with van der Waals surface area (Å²) in [6.45, 7) is 6.59. The molecule has 1 aromatic carbocycles. The molecule has 0 aromatic heterocycles. The normalized spacial score (nSPS) is 20.4. The first-order valence-electron chi connectivity index (χ1n) is 5.40. The minimum absolute atomic E-state index is 0.554. The second-order valence-electron chi connectivity index (χ2n) is 4.21. The predicted molar refractivity (Wildman–Crippen MR) is 82.8 cm³/mol. The predicted octanol–water partition coefficient (Wildman–Crippen LogP) is 5.30. The van der Waals surface area contributed by atoms with Crippen LogP contribution in [0.5, 0.6) is 0 Å². The Hall–Kier alpha value is -0.220. The quantitative estimate of drug-likeness (QED) is 0.624. The molecule has 0 amide bonds. The molecule has 1 aliphatic heterocycles. The van der Waals surface area contributed by atoms with E-state index < -0.39 is 0 Å². The van der Waals surface area contributed by atoms with Gasteiger partial charge in [0, 0.05) is 14.4 Å². The molecule has 0 nitrogen and oxygen atoms in total. The summed E-state index contributed by atoms with van der Waals surface area (Å²) in [5, 5.41) is 2.21. The van der Waals surface area contributed by atoms with Crippen LogP contribution in [0.25, 0.3) is 4.91 Å². The lowest BCUT2D eigenvalue weighted by Gasteiger charge is -2.17. The van der Waals surface area contributed by atoms with Gasteiger partial charge >= 0.3 is 0 Å². The smallest absolute Gasteiger partial charge is 0.0287 e. The highest BCUT2D eigenvalue weighted by atomic mass is 127. The van der Waals surface area contributed by atoms with Crippen LogP contribution in [0.3, 0.4) is 0 Å². The molecule has 0 N–H and O–H groups in total. The minimum Gasteiger partial charge on any atom is -0.0970 e. The van der Waals surface area contributed by atoms with Gasteiger partial charge in [0.25, 0.3) is 0 Å². The fraction of sp³-hybridized carbons (Fsp3) is 0.286. The fourth-order valence-corrected chi connectivity index (χ4v) is 3.57. The molecular formula is C14H15IS. The number of hydrogen-bond donors (Lipinski definition) is 0. The SMILES string of the molecule is Cc1ccc(C2=C(I)C(C)C=CS2)cc1C. The summed E-state index contributed by atoms with van der Waals surface area (Å²) in [4.78, 5) is 1.42. The maximum Gasteiger partial charge on any atom is 0.0287 e. The van der Waals surface area contributed by atoms with Crippen LogP contribution < -0.4 is 0 Å². The third-order valence-electron chi connectivity index (χ3n) is 2.94. The summed E-state index contributed by atoms with van der Waals surface area (Å²) in [6, 6.07) is 6.74. The summed E-state index contributed by atoms with van der Waals surface area (Å²) in [5.74, 6) is 0.554. The molecule has 0 radical (unpaired) electrons. The Morgan fingerprint density at radius 1 is 1.19 bits per heavy atom. The summed E-state index contributed by atoms with van der Waals surface area (Å²) in [5.41, 5.74) is 4.09. The molecule has 0 saturated carbocycles. The minimum atomic E-state index is 0.554. The Labute approximate surface area is 115 Å². The number of aryl methyl sites for hydroxylation is 2. The van der Waals surface area contributed by atoms with Crippen LogP contribution in [-0.4, -0.2) is 0 Å². The van der Waals surface area contributed by atoms with E-state index in [1.54, 1.807) is 0 Å². The summed E-state index contributed by atoms with van der Waals surface area (Å²) in [7, 11) is 0. The van der Waals surface area contributed by atoms with Crippen LogP contribution in [0.1, 0.15) is 23.6 Å². The van der Waals surface area contributed by atoms with E-state index in [1.807, 2.05) is 11.8 Å². The molecule has 1 aromatic rings. The molecule has 0 bridgehead atoms. The Morgan fingerprint density at radius 2 is 1.94 bits per heavy atom. The van der Waals surface area contributed by atoms with E-state index in [4.69, 9.17) is 0 Å². The van der Waals surface area contributed by atoms with Crippen molar-refractivity contribution in [3.63, 3.8) is 0 Å². The standard InChI is InChI=1S/C14H15IS/c1-9-4-5-12(8-11(9)3)14-13(15)10(2)6-7-16-14/h4-8,10H,1-3H3. The van der Waals surface area contributed by atoms with Crippen molar-refractivity contribution in [2.24, 2.45) is 5.92 Å². The fourth-order valence-electron chi connectivity index (χ4n) is 1.66. The van der Waals surface area contributed by atoms with Gasteiger partial charge < -0.3 is 0 Å². The van der Waals surface area contributed by atoms with Gasteiger partial charge in [-0.25, -0.2) is 0 Å². The first kappa shape index (κ1) is 12.2. The van der Waals surface area contributed by atoms with E-state index >= 15 is 0 Å². The highest BCUT2D eigenvalue weighted by molar-refractivity contribution is 14.1. The van der Waals surface area contributed by atoms with E-state index in [0.717, 1.165) is 0 Å². The van der Waals surface area contributed by atoms with E-state index in [9.17, 15) is 0 Å². The van der Waals surface area contributed by atoms with Crippen LogP contribution in [0.15, 0.2) is 33.3 Å². The average Bonchev–Trinajstić information content (AvgIpc) is 2.26. The Bertz CT molecular complexity index is 472.